The third kappa shape index (κ3) is 3.05. The number of aliphatic carboxylic acids is 1. The molecule has 0 radical (unpaired) electrons. The number of rotatable bonds is 4. The van der Waals surface area contributed by atoms with Crippen LogP contribution in [-0.4, -0.2) is 23.1 Å². The molecule has 4 heteroatoms. The molecule has 0 bridgehead atoms. The highest BCUT2D eigenvalue weighted by Crippen LogP contribution is 2.60. The summed E-state index contributed by atoms with van der Waals surface area (Å²) in [5.41, 5.74) is 0.110. The molecule has 2 fully saturated rings. The Bertz CT molecular complexity index is 430. The van der Waals surface area contributed by atoms with Crippen molar-refractivity contribution in [2.24, 2.45) is 17.3 Å². The zero-order chi connectivity index (χ0) is 14.9. The maximum absolute atomic E-state index is 12.3. The lowest BCUT2D eigenvalue weighted by Gasteiger charge is -2.22. The molecule has 2 rings (SSSR count). The van der Waals surface area contributed by atoms with Crippen LogP contribution in [0, 0.1) is 17.3 Å². The van der Waals surface area contributed by atoms with Gasteiger partial charge in [-0.1, -0.05) is 26.3 Å². The minimum atomic E-state index is -0.924. The van der Waals surface area contributed by atoms with E-state index in [9.17, 15) is 9.59 Å². The monoisotopic (exact) mass is 280 g/mol. The highest BCUT2D eigenvalue weighted by molar-refractivity contribution is 5.86. The van der Waals surface area contributed by atoms with Crippen LogP contribution >= 0.6 is 0 Å². The Balaban J connectivity index is 1.96. The molecule has 0 heterocycles. The van der Waals surface area contributed by atoms with E-state index in [1.54, 1.807) is 13.0 Å². The molecule has 0 amide bonds. The normalized spacial score (nSPS) is 29.9. The number of hydrogen-bond acceptors (Lipinski definition) is 3. The van der Waals surface area contributed by atoms with E-state index in [1.807, 2.05) is 13.8 Å². The van der Waals surface area contributed by atoms with E-state index in [4.69, 9.17) is 9.84 Å². The summed E-state index contributed by atoms with van der Waals surface area (Å²) < 4.78 is 5.61. The Kier molecular flexibility index (Phi) is 4.21. The van der Waals surface area contributed by atoms with Crippen molar-refractivity contribution in [2.75, 3.05) is 0 Å². The van der Waals surface area contributed by atoms with Crippen LogP contribution in [0.3, 0.4) is 0 Å². The fourth-order valence-corrected chi connectivity index (χ4v) is 3.20. The minimum absolute atomic E-state index is 0.0188. The quantitative estimate of drug-likeness (QED) is 0.634. The van der Waals surface area contributed by atoms with Crippen molar-refractivity contribution in [3.8, 4) is 0 Å². The van der Waals surface area contributed by atoms with E-state index >= 15 is 0 Å². The molecule has 2 aliphatic rings. The first kappa shape index (κ1) is 15.1. The SMILES string of the molecule is C/C(=C\C1C(C(=O)OC2CCCCC2)C1(C)C)C(=O)O. The maximum atomic E-state index is 12.3. The standard InChI is InChI=1S/C16H24O4/c1-10(14(17)18)9-12-13(16(12,2)3)15(19)20-11-7-5-4-6-8-11/h9,11-13H,4-8H2,1-3H3,(H,17,18)/b10-9+. The second kappa shape index (κ2) is 5.58. The molecule has 0 aromatic rings. The predicted octanol–water partition coefficient (Wildman–Crippen LogP) is 3.17. The van der Waals surface area contributed by atoms with Gasteiger partial charge in [0.2, 0.25) is 0 Å². The van der Waals surface area contributed by atoms with Crippen LogP contribution in [0.15, 0.2) is 11.6 Å². The van der Waals surface area contributed by atoms with Gasteiger partial charge in [-0.15, -0.1) is 0 Å². The van der Waals surface area contributed by atoms with Crippen molar-refractivity contribution in [3.63, 3.8) is 0 Å². The van der Waals surface area contributed by atoms with Gasteiger partial charge in [0.05, 0.1) is 5.92 Å². The first-order chi connectivity index (χ1) is 9.34. The zero-order valence-corrected chi connectivity index (χ0v) is 12.5. The van der Waals surface area contributed by atoms with E-state index in [2.05, 4.69) is 0 Å². The smallest absolute Gasteiger partial charge is 0.330 e. The number of ether oxygens (including phenoxy) is 1. The average molecular weight is 280 g/mol. The summed E-state index contributed by atoms with van der Waals surface area (Å²) >= 11 is 0. The summed E-state index contributed by atoms with van der Waals surface area (Å²) in [6.07, 6.45) is 7.20. The molecule has 2 atom stereocenters. The summed E-state index contributed by atoms with van der Waals surface area (Å²) in [7, 11) is 0. The topological polar surface area (TPSA) is 63.6 Å². The highest BCUT2D eigenvalue weighted by Gasteiger charge is 2.61. The summed E-state index contributed by atoms with van der Waals surface area (Å²) in [4.78, 5) is 23.1. The molecule has 0 aromatic carbocycles. The van der Waals surface area contributed by atoms with Gasteiger partial charge in [0.15, 0.2) is 0 Å². The maximum Gasteiger partial charge on any atom is 0.330 e. The molecule has 4 nitrogen and oxygen atoms in total. The van der Waals surface area contributed by atoms with E-state index < -0.39 is 5.97 Å². The van der Waals surface area contributed by atoms with Crippen LogP contribution in [0.25, 0.3) is 0 Å². The summed E-state index contributed by atoms with van der Waals surface area (Å²) in [5.74, 6) is -1.29. The molecule has 0 aromatic heterocycles. The van der Waals surface area contributed by atoms with Gasteiger partial charge in [0, 0.05) is 5.57 Å². The lowest BCUT2D eigenvalue weighted by molar-refractivity contribution is -0.153. The number of hydrogen-bond donors (Lipinski definition) is 1. The average Bonchev–Trinajstić information content (AvgIpc) is 2.91. The van der Waals surface area contributed by atoms with Crippen LogP contribution in [0.5, 0.6) is 0 Å². The molecule has 2 unspecified atom stereocenters. The summed E-state index contributed by atoms with van der Waals surface area (Å²) in [6.45, 7) is 5.56. The number of carbonyl (C=O) groups is 2. The molecule has 0 saturated heterocycles. The van der Waals surface area contributed by atoms with Crippen molar-refractivity contribution in [1.29, 1.82) is 0 Å². The first-order valence-corrected chi connectivity index (χ1v) is 7.46. The van der Waals surface area contributed by atoms with Crippen LogP contribution < -0.4 is 0 Å². The fraction of sp³-hybridized carbons (Fsp3) is 0.750. The third-order valence-electron chi connectivity index (χ3n) is 4.77. The molecule has 1 N–H and O–H groups in total. The minimum Gasteiger partial charge on any atom is -0.478 e. The largest absolute Gasteiger partial charge is 0.478 e. The van der Waals surface area contributed by atoms with Crippen molar-refractivity contribution in [3.05, 3.63) is 11.6 Å². The highest BCUT2D eigenvalue weighted by atomic mass is 16.5. The van der Waals surface area contributed by atoms with E-state index in [0.29, 0.717) is 5.57 Å². The third-order valence-corrected chi connectivity index (χ3v) is 4.77. The number of carboxylic acid groups (broad SMARTS) is 1. The van der Waals surface area contributed by atoms with Crippen LogP contribution in [0.2, 0.25) is 0 Å². The Labute approximate surface area is 120 Å². The summed E-state index contributed by atoms with van der Waals surface area (Å²) in [6, 6.07) is 0. The number of allylic oxidation sites excluding steroid dienone is 1. The van der Waals surface area contributed by atoms with Gasteiger partial charge >= 0.3 is 11.9 Å². The molecular weight excluding hydrogens is 256 g/mol. The molecule has 2 aliphatic carbocycles. The van der Waals surface area contributed by atoms with E-state index in [1.165, 1.54) is 6.42 Å². The molecule has 20 heavy (non-hydrogen) atoms. The Hall–Kier alpha value is -1.32. The molecule has 2 saturated carbocycles. The Morgan fingerprint density at radius 1 is 1.20 bits per heavy atom. The molecule has 112 valence electrons. The van der Waals surface area contributed by atoms with Gasteiger partial charge in [-0.3, -0.25) is 4.79 Å². The van der Waals surface area contributed by atoms with Gasteiger partial charge in [-0.2, -0.15) is 0 Å². The lowest BCUT2D eigenvalue weighted by atomic mass is 9.98. The van der Waals surface area contributed by atoms with E-state index in [0.717, 1.165) is 25.7 Å². The van der Waals surface area contributed by atoms with Crippen molar-refractivity contribution in [2.45, 2.75) is 59.0 Å². The lowest BCUT2D eigenvalue weighted by Crippen LogP contribution is -2.23. The molecule has 0 spiro atoms. The van der Waals surface area contributed by atoms with Crippen LogP contribution in [0.4, 0.5) is 0 Å². The van der Waals surface area contributed by atoms with Gasteiger partial charge in [-0.05, 0) is 43.9 Å². The number of carboxylic acids is 1. The number of carbonyl (C=O) groups excluding carboxylic acids is 1. The van der Waals surface area contributed by atoms with E-state index in [-0.39, 0.29) is 29.3 Å². The Morgan fingerprint density at radius 2 is 1.80 bits per heavy atom. The Morgan fingerprint density at radius 3 is 2.35 bits per heavy atom. The first-order valence-electron chi connectivity index (χ1n) is 7.46. The number of esters is 1. The van der Waals surface area contributed by atoms with Gasteiger partial charge in [0.25, 0.3) is 0 Å². The van der Waals surface area contributed by atoms with Crippen molar-refractivity contribution in [1.82, 2.24) is 0 Å². The predicted molar refractivity (Wildman–Crippen MR) is 75.1 cm³/mol. The zero-order valence-electron chi connectivity index (χ0n) is 12.5. The molecule has 0 aliphatic heterocycles. The molecular formula is C16H24O4. The fourth-order valence-electron chi connectivity index (χ4n) is 3.20. The second-order valence-electron chi connectivity index (χ2n) is 6.68. The van der Waals surface area contributed by atoms with Gasteiger partial charge < -0.3 is 9.84 Å². The van der Waals surface area contributed by atoms with Crippen molar-refractivity contribution < 1.29 is 19.4 Å². The van der Waals surface area contributed by atoms with Crippen molar-refractivity contribution >= 4 is 11.9 Å². The van der Waals surface area contributed by atoms with Gasteiger partial charge in [0.1, 0.15) is 6.10 Å². The van der Waals surface area contributed by atoms with Gasteiger partial charge in [-0.25, -0.2) is 4.79 Å². The van der Waals surface area contributed by atoms with Crippen LogP contribution in [-0.2, 0) is 14.3 Å². The summed E-state index contributed by atoms with van der Waals surface area (Å²) in [5, 5.41) is 8.93. The second-order valence-corrected chi connectivity index (χ2v) is 6.68. The van der Waals surface area contributed by atoms with Crippen LogP contribution in [0.1, 0.15) is 52.9 Å².